The molecule has 0 aliphatic rings. The third-order valence-corrected chi connectivity index (χ3v) is 3.65. The van der Waals surface area contributed by atoms with E-state index >= 15 is 0 Å². The van der Waals surface area contributed by atoms with Gasteiger partial charge < -0.3 is 5.32 Å². The van der Waals surface area contributed by atoms with Crippen LogP contribution in [0.4, 0.5) is 4.39 Å². The number of halogens is 1. The van der Waals surface area contributed by atoms with Crippen LogP contribution in [0.3, 0.4) is 0 Å². The number of amides is 1. The maximum atomic E-state index is 13.0. The second-order valence-corrected chi connectivity index (χ2v) is 5.43. The van der Waals surface area contributed by atoms with E-state index < -0.39 is 0 Å². The number of hydrogen-bond acceptors (Lipinski definition) is 3. The zero-order chi connectivity index (χ0) is 17.1. The van der Waals surface area contributed by atoms with Gasteiger partial charge in [-0.15, -0.1) is 0 Å². The van der Waals surface area contributed by atoms with Crippen LogP contribution in [0.25, 0.3) is 5.69 Å². The molecular weight excluding hydrogens is 309 g/mol. The van der Waals surface area contributed by atoms with Gasteiger partial charge in [-0.3, -0.25) is 9.48 Å². The molecule has 3 rings (SSSR count). The molecule has 2 aromatic heterocycles. The molecule has 0 saturated heterocycles. The summed E-state index contributed by atoms with van der Waals surface area (Å²) in [6.45, 7) is 2.27. The summed E-state index contributed by atoms with van der Waals surface area (Å²) in [6, 6.07) is 7.87. The Labute approximate surface area is 138 Å². The lowest BCUT2D eigenvalue weighted by molar-refractivity contribution is 0.0949. The molecule has 0 bridgehead atoms. The lowest BCUT2D eigenvalue weighted by atomic mass is 10.2. The van der Waals surface area contributed by atoms with Crippen LogP contribution >= 0.6 is 0 Å². The zero-order valence-electron chi connectivity index (χ0n) is 13.5. The smallest absolute Gasteiger partial charge is 0.255 e. The third kappa shape index (κ3) is 3.34. The van der Waals surface area contributed by atoms with Crippen LogP contribution in [-0.2, 0) is 20.0 Å². The predicted molar refractivity (Wildman–Crippen MR) is 87.3 cm³/mol. The maximum Gasteiger partial charge on any atom is 0.255 e. The second kappa shape index (κ2) is 6.66. The van der Waals surface area contributed by atoms with Crippen molar-refractivity contribution in [3.8, 4) is 5.69 Å². The van der Waals surface area contributed by atoms with Gasteiger partial charge in [-0.1, -0.05) is 6.92 Å². The Morgan fingerprint density at radius 2 is 1.96 bits per heavy atom. The van der Waals surface area contributed by atoms with E-state index in [9.17, 15) is 9.18 Å². The molecule has 0 aliphatic heterocycles. The van der Waals surface area contributed by atoms with Crippen molar-refractivity contribution in [1.29, 1.82) is 0 Å². The van der Waals surface area contributed by atoms with Gasteiger partial charge in [0.05, 0.1) is 29.2 Å². The zero-order valence-corrected chi connectivity index (χ0v) is 13.5. The van der Waals surface area contributed by atoms with E-state index in [1.165, 1.54) is 12.1 Å². The van der Waals surface area contributed by atoms with Crippen molar-refractivity contribution in [3.63, 3.8) is 0 Å². The third-order valence-electron chi connectivity index (χ3n) is 3.65. The Kier molecular flexibility index (Phi) is 4.41. The van der Waals surface area contributed by atoms with Crippen molar-refractivity contribution in [2.75, 3.05) is 0 Å². The van der Waals surface area contributed by atoms with Gasteiger partial charge in [0.2, 0.25) is 0 Å². The number of carbonyl (C=O) groups excluding carboxylic acids is 1. The lowest BCUT2D eigenvalue weighted by Crippen LogP contribution is -2.23. The van der Waals surface area contributed by atoms with Crippen LogP contribution in [0.15, 0.2) is 42.7 Å². The normalized spacial score (nSPS) is 10.8. The summed E-state index contributed by atoms with van der Waals surface area (Å²) in [5.74, 6) is -0.460. The number of hydrogen-bond donors (Lipinski definition) is 1. The standard InChI is InChI=1S/C17H18FN5O/c1-3-16-15(11-22(2)21-16)17(24)19-10-13-8-9-23(20-13)14-6-4-12(18)5-7-14/h4-9,11H,3,10H2,1-2H3,(H,19,24). The monoisotopic (exact) mass is 327 g/mol. The van der Waals surface area contributed by atoms with E-state index in [1.54, 1.807) is 40.9 Å². The summed E-state index contributed by atoms with van der Waals surface area (Å²) in [7, 11) is 1.79. The van der Waals surface area contributed by atoms with Crippen molar-refractivity contribution in [3.05, 3.63) is 65.5 Å². The van der Waals surface area contributed by atoms with Gasteiger partial charge in [-0.25, -0.2) is 9.07 Å². The van der Waals surface area contributed by atoms with Crippen LogP contribution in [-0.4, -0.2) is 25.5 Å². The first-order chi connectivity index (χ1) is 11.6. The van der Waals surface area contributed by atoms with Gasteiger partial charge in [0.15, 0.2) is 0 Å². The average Bonchev–Trinajstić information content (AvgIpc) is 3.19. The quantitative estimate of drug-likeness (QED) is 0.781. The molecule has 0 atom stereocenters. The van der Waals surface area contributed by atoms with Gasteiger partial charge in [0.25, 0.3) is 5.91 Å². The second-order valence-electron chi connectivity index (χ2n) is 5.43. The number of nitrogens with one attached hydrogen (secondary N) is 1. The summed E-state index contributed by atoms with van der Waals surface area (Å²) in [5.41, 5.74) is 2.83. The van der Waals surface area contributed by atoms with Crippen molar-refractivity contribution in [2.24, 2.45) is 7.05 Å². The van der Waals surface area contributed by atoms with Crippen molar-refractivity contribution < 1.29 is 9.18 Å². The molecule has 124 valence electrons. The molecule has 0 saturated carbocycles. The number of benzene rings is 1. The molecule has 1 N–H and O–H groups in total. The summed E-state index contributed by atoms with van der Waals surface area (Å²) >= 11 is 0. The fraction of sp³-hybridized carbons (Fsp3) is 0.235. The highest BCUT2D eigenvalue weighted by Crippen LogP contribution is 2.10. The van der Waals surface area contributed by atoms with E-state index in [0.717, 1.165) is 17.1 Å². The first-order valence-corrected chi connectivity index (χ1v) is 7.68. The van der Waals surface area contributed by atoms with E-state index in [2.05, 4.69) is 15.5 Å². The highest BCUT2D eigenvalue weighted by Gasteiger charge is 2.14. The molecule has 7 heteroatoms. The Hall–Kier alpha value is -2.96. The minimum atomic E-state index is -0.290. The van der Waals surface area contributed by atoms with E-state index in [0.29, 0.717) is 18.5 Å². The number of carbonyl (C=O) groups is 1. The summed E-state index contributed by atoms with van der Waals surface area (Å²) in [5, 5.41) is 11.5. The van der Waals surface area contributed by atoms with Crippen LogP contribution in [0.5, 0.6) is 0 Å². The average molecular weight is 327 g/mol. The number of aryl methyl sites for hydroxylation is 2. The molecule has 0 fully saturated rings. The Bertz CT molecular complexity index is 850. The molecular formula is C17H18FN5O. The van der Waals surface area contributed by atoms with Crippen molar-refractivity contribution in [1.82, 2.24) is 24.9 Å². The van der Waals surface area contributed by atoms with Crippen molar-refractivity contribution >= 4 is 5.91 Å². The molecule has 6 nitrogen and oxygen atoms in total. The summed E-state index contributed by atoms with van der Waals surface area (Å²) in [6.07, 6.45) is 4.18. The maximum absolute atomic E-state index is 13.0. The predicted octanol–water partition coefficient (Wildman–Crippen LogP) is 2.24. The Morgan fingerprint density at radius 1 is 1.21 bits per heavy atom. The topological polar surface area (TPSA) is 64.7 Å². The fourth-order valence-corrected chi connectivity index (χ4v) is 2.44. The molecule has 1 amide bonds. The van der Waals surface area contributed by atoms with Crippen LogP contribution in [0, 0.1) is 5.82 Å². The lowest BCUT2D eigenvalue weighted by Gasteiger charge is -2.03. The van der Waals surface area contributed by atoms with Gasteiger partial charge in [-0.2, -0.15) is 10.2 Å². The van der Waals surface area contributed by atoms with Gasteiger partial charge in [0.1, 0.15) is 5.82 Å². The minimum Gasteiger partial charge on any atom is -0.346 e. The number of nitrogens with zero attached hydrogens (tertiary/aromatic N) is 4. The molecule has 0 radical (unpaired) electrons. The highest BCUT2D eigenvalue weighted by atomic mass is 19.1. The number of rotatable bonds is 5. The molecule has 1 aromatic carbocycles. The first-order valence-electron chi connectivity index (χ1n) is 7.68. The number of aromatic nitrogens is 4. The first kappa shape index (κ1) is 15.9. The molecule has 2 heterocycles. The van der Waals surface area contributed by atoms with Crippen LogP contribution in [0.1, 0.15) is 28.7 Å². The van der Waals surface area contributed by atoms with E-state index in [4.69, 9.17) is 0 Å². The van der Waals surface area contributed by atoms with Gasteiger partial charge >= 0.3 is 0 Å². The molecule has 0 unspecified atom stereocenters. The minimum absolute atomic E-state index is 0.170. The van der Waals surface area contributed by atoms with Gasteiger partial charge in [0, 0.05) is 19.4 Å². The summed E-state index contributed by atoms with van der Waals surface area (Å²) in [4.78, 5) is 12.3. The van der Waals surface area contributed by atoms with Crippen LogP contribution < -0.4 is 5.32 Å². The van der Waals surface area contributed by atoms with Crippen LogP contribution in [0.2, 0.25) is 0 Å². The largest absolute Gasteiger partial charge is 0.346 e. The Morgan fingerprint density at radius 3 is 2.67 bits per heavy atom. The molecule has 3 aromatic rings. The molecule has 0 spiro atoms. The highest BCUT2D eigenvalue weighted by molar-refractivity contribution is 5.95. The van der Waals surface area contributed by atoms with Gasteiger partial charge in [-0.05, 0) is 36.8 Å². The van der Waals surface area contributed by atoms with E-state index in [1.807, 2.05) is 13.0 Å². The summed E-state index contributed by atoms with van der Waals surface area (Å²) < 4.78 is 16.2. The SMILES string of the molecule is CCc1nn(C)cc1C(=O)NCc1ccn(-c2ccc(F)cc2)n1. The van der Waals surface area contributed by atoms with E-state index in [-0.39, 0.29) is 11.7 Å². The molecule has 0 aliphatic carbocycles. The van der Waals surface area contributed by atoms with Crippen molar-refractivity contribution in [2.45, 2.75) is 19.9 Å². The fourth-order valence-electron chi connectivity index (χ4n) is 2.44. The Balaban J connectivity index is 1.67. The molecule has 24 heavy (non-hydrogen) atoms.